The number of carbonyl (C=O) groups excluding carboxylic acids is 1. The van der Waals surface area contributed by atoms with Gasteiger partial charge in [-0.1, -0.05) is 0 Å². The molecule has 86 valence electrons. The monoisotopic (exact) mass is 212 g/mol. The zero-order valence-corrected chi connectivity index (χ0v) is 9.37. The molecule has 1 atom stereocenters. The summed E-state index contributed by atoms with van der Waals surface area (Å²) in [5, 5.41) is 3.34. The Morgan fingerprint density at radius 1 is 1.47 bits per heavy atom. The molecule has 0 aromatic carbocycles. The predicted octanol–water partition coefficient (Wildman–Crippen LogP) is 0.376. The van der Waals surface area contributed by atoms with Gasteiger partial charge in [-0.3, -0.25) is 4.79 Å². The minimum Gasteiger partial charge on any atom is -0.370 e. The van der Waals surface area contributed by atoms with E-state index in [-0.39, 0.29) is 12.5 Å². The average molecular weight is 212 g/mol. The second kappa shape index (κ2) is 4.94. The van der Waals surface area contributed by atoms with E-state index in [9.17, 15) is 4.79 Å². The first-order chi connectivity index (χ1) is 7.27. The maximum absolute atomic E-state index is 11.6. The van der Waals surface area contributed by atoms with Gasteiger partial charge in [0, 0.05) is 19.1 Å². The molecule has 2 fully saturated rings. The van der Waals surface area contributed by atoms with Crippen molar-refractivity contribution in [1.29, 1.82) is 0 Å². The van der Waals surface area contributed by atoms with Crippen molar-refractivity contribution >= 4 is 5.91 Å². The second-order valence-corrected chi connectivity index (χ2v) is 4.54. The van der Waals surface area contributed by atoms with Crippen molar-refractivity contribution in [2.24, 2.45) is 0 Å². The number of rotatable bonds is 5. The molecule has 1 aliphatic heterocycles. The summed E-state index contributed by atoms with van der Waals surface area (Å²) in [5.41, 5.74) is 0. The SMILES string of the molecule is CN(C(=O)COCC1CCCN1)C1CC1. The van der Waals surface area contributed by atoms with Crippen LogP contribution >= 0.6 is 0 Å². The van der Waals surface area contributed by atoms with Gasteiger partial charge in [0.15, 0.2) is 0 Å². The van der Waals surface area contributed by atoms with Crippen LogP contribution in [0.4, 0.5) is 0 Å². The van der Waals surface area contributed by atoms with E-state index in [1.165, 1.54) is 12.8 Å². The lowest BCUT2D eigenvalue weighted by atomic mass is 10.2. The van der Waals surface area contributed by atoms with Gasteiger partial charge in [0.25, 0.3) is 0 Å². The van der Waals surface area contributed by atoms with Crippen LogP contribution in [0, 0.1) is 0 Å². The summed E-state index contributed by atoms with van der Waals surface area (Å²) in [6, 6.07) is 0.953. The third-order valence-corrected chi connectivity index (χ3v) is 3.19. The van der Waals surface area contributed by atoms with E-state index in [0.717, 1.165) is 19.4 Å². The Bertz CT molecular complexity index is 223. The Hall–Kier alpha value is -0.610. The second-order valence-electron chi connectivity index (χ2n) is 4.54. The molecule has 0 spiro atoms. The Labute approximate surface area is 91.0 Å². The zero-order valence-electron chi connectivity index (χ0n) is 9.37. The number of carbonyl (C=O) groups is 1. The minimum absolute atomic E-state index is 0.121. The number of amides is 1. The van der Waals surface area contributed by atoms with Gasteiger partial charge in [-0.15, -0.1) is 0 Å². The van der Waals surface area contributed by atoms with E-state index in [1.807, 2.05) is 11.9 Å². The van der Waals surface area contributed by atoms with Crippen molar-refractivity contribution in [1.82, 2.24) is 10.2 Å². The summed E-state index contributed by atoms with van der Waals surface area (Å²) in [5.74, 6) is 0.121. The van der Waals surface area contributed by atoms with Crippen LogP contribution in [-0.2, 0) is 9.53 Å². The third-order valence-electron chi connectivity index (χ3n) is 3.19. The minimum atomic E-state index is 0.121. The van der Waals surface area contributed by atoms with Crippen molar-refractivity contribution in [3.63, 3.8) is 0 Å². The number of hydrogen-bond acceptors (Lipinski definition) is 3. The predicted molar refractivity (Wildman–Crippen MR) is 57.6 cm³/mol. The summed E-state index contributed by atoms with van der Waals surface area (Å²) < 4.78 is 5.42. The molecule has 4 heteroatoms. The van der Waals surface area contributed by atoms with E-state index in [4.69, 9.17) is 4.74 Å². The van der Waals surface area contributed by atoms with Crippen molar-refractivity contribution < 1.29 is 9.53 Å². The van der Waals surface area contributed by atoms with E-state index in [0.29, 0.717) is 18.7 Å². The van der Waals surface area contributed by atoms with Crippen LogP contribution < -0.4 is 5.32 Å². The molecule has 2 aliphatic rings. The largest absolute Gasteiger partial charge is 0.370 e. The summed E-state index contributed by atoms with van der Waals surface area (Å²) in [6.07, 6.45) is 4.72. The van der Waals surface area contributed by atoms with E-state index in [1.54, 1.807) is 0 Å². The molecule has 1 heterocycles. The van der Waals surface area contributed by atoms with E-state index in [2.05, 4.69) is 5.32 Å². The van der Waals surface area contributed by atoms with Gasteiger partial charge >= 0.3 is 0 Å². The maximum Gasteiger partial charge on any atom is 0.248 e. The summed E-state index contributed by atoms with van der Waals surface area (Å²) in [6.45, 7) is 2.00. The van der Waals surface area contributed by atoms with Crippen LogP contribution in [0.1, 0.15) is 25.7 Å². The van der Waals surface area contributed by atoms with Crippen LogP contribution in [-0.4, -0.2) is 49.7 Å². The Balaban J connectivity index is 1.58. The lowest BCUT2D eigenvalue weighted by Gasteiger charge is -2.17. The molecule has 1 aliphatic carbocycles. The molecule has 1 unspecified atom stereocenters. The first-order valence-corrected chi connectivity index (χ1v) is 5.84. The molecular formula is C11H20N2O2. The highest BCUT2D eigenvalue weighted by atomic mass is 16.5. The van der Waals surface area contributed by atoms with Gasteiger partial charge in [0.05, 0.1) is 6.61 Å². The summed E-state index contributed by atoms with van der Waals surface area (Å²) in [4.78, 5) is 13.4. The molecule has 1 saturated carbocycles. The van der Waals surface area contributed by atoms with Gasteiger partial charge < -0.3 is 15.0 Å². The topological polar surface area (TPSA) is 41.6 Å². The number of likely N-dealkylation sites (N-methyl/N-ethyl adjacent to an activating group) is 1. The first kappa shape index (κ1) is 10.9. The molecule has 0 radical (unpaired) electrons. The fraction of sp³-hybridized carbons (Fsp3) is 0.909. The Morgan fingerprint density at radius 2 is 2.27 bits per heavy atom. The standard InChI is InChI=1S/C11H20N2O2/c1-13(10-4-5-10)11(14)8-15-7-9-3-2-6-12-9/h9-10,12H,2-8H2,1H3. The third kappa shape index (κ3) is 3.18. The Kier molecular flexibility index (Phi) is 3.59. The highest BCUT2D eigenvalue weighted by molar-refractivity contribution is 5.77. The van der Waals surface area contributed by atoms with Crippen LogP contribution in [0.3, 0.4) is 0 Å². The van der Waals surface area contributed by atoms with Crippen molar-refractivity contribution in [3.8, 4) is 0 Å². The zero-order chi connectivity index (χ0) is 10.7. The first-order valence-electron chi connectivity index (χ1n) is 5.84. The maximum atomic E-state index is 11.6. The fourth-order valence-electron chi connectivity index (χ4n) is 1.95. The molecule has 0 aromatic rings. The van der Waals surface area contributed by atoms with Crippen LogP contribution in [0.2, 0.25) is 0 Å². The molecule has 2 rings (SSSR count). The molecule has 4 nitrogen and oxygen atoms in total. The number of nitrogens with zero attached hydrogens (tertiary/aromatic N) is 1. The molecule has 1 amide bonds. The number of nitrogens with one attached hydrogen (secondary N) is 1. The average Bonchev–Trinajstić information content (AvgIpc) is 2.96. The smallest absolute Gasteiger partial charge is 0.248 e. The lowest BCUT2D eigenvalue weighted by Crippen LogP contribution is -2.34. The van der Waals surface area contributed by atoms with E-state index < -0.39 is 0 Å². The van der Waals surface area contributed by atoms with Crippen molar-refractivity contribution in [2.45, 2.75) is 37.8 Å². The highest BCUT2D eigenvalue weighted by Crippen LogP contribution is 2.25. The molecular weight excluding hydrogens is 192 g/mol. The number of ether oxygens (including phenoxy) is 1. The summed E-state index contributed by atoms with van der Waals surface area (Å²) >= 11 is 0. The molecule has 1 N–H and O–H groups in total. The van der Waals surface area contributed by atoms with Crippen molar-refractivity contribution in [3.05, 3.63) is 0 Å². The molecule has 0 bridgehead atoms. The fourth-order valence-corrected chi connectivity index (χ4v) is 1.95. The normalized spacial score (nSPS) is 25.5. The van der Waals surface area contributed by atoms with Gasteiger partial charge in [-0.05, 0) is 32.2 Å². The van der Waals surface area contributed by atoms with Gasteiger partial charge in [0.2, 0.25) is 5.91 Å². The van der Waals surface area contributed by atoms with Crippen LogP contribution in [0.5, 0.6) is 0 Å². The van der Waals surface area contributed by atoms with Gasteiger partial charge in [0.1, 0.15) is 6.61 Å². The molecule has 1 saturated heterocycles. The summed E-state index contributed by atoms with van der Waals surface area (Å²) in [7, 11) is 1.87. The Morgan fingerprint density at radius 3 is 2.87 bits per heavy atom. The van der Waals surface area contributed by atoms with Crippen molar-refractivity contribution in [2.75, 3.05) is 26.8 Å². The quantitative estimate of drug-likeness (QED) is 0.716. The van der Waals surface area contributed by atoms with Crippen LogP contribution in [0.25, 0.3) is 0 Å². The van der Waals surface area contributed by atoms with E-state index >= 15 is 0 Å². The van der Waals surface area contributed by atoms with Gasteiger partial charge in [-0.2, -0.15) is 0 Å². The lowest BCUT2D eigenvalue weighted by molar-refractivity contribution is -0.135. The van der Waals surface area contributed by atoms with Crippen LogP contribution in [0.15, 0.2) is 0 Å². The highest BCUT2D eigenvalue weighted by Gasteiger charge is 2.29. The molecule has 0 aromatic heterocycles. The molecule has 15 heavy (non-hydrogen) atoms. The number of hydrogen-bond donors (Lipinski definition) is 1. The van der Waals surface area contributed by atoms with Gasteiger partial charge in [-0.25, -0.2) is 0 Å².